The first-order chi connectivity index (χ1) is 10.1. The molecule has 0 aliphatic heterocycles. The molecule has 2 rings (SSSR count). The first kappa shape index (κ1) is 14.9. The van der Waals surface area contributed by atoms with Gasteiger partial charge in [0.05, 0.1) is 18.3 Å². The number of hydrogen-bond donors (Lipinski definition) is 2. The molecule has 0 aliphatic carbocycles. The summed E-state index contributed by atoms with van der Waals surface area (Å²) in [6.45, 7) is 2.85. The van der Waals surface area contributed by atoms with Crippen molar-refractivity contribution >= 4 is 11.7 Å². The van der Waals surface area contributed by atoms with Crippen molar-refractivity contribution < 1.29 is 9.18 Å². The Morgan fingerprint density at radius 3 is 2.95 bits per heavy atom. The van der Waals surface area contributed by atoms with E-state index in [1.165, 1.54) is 0 Å². The highest BCUT2D eigenvalue weighted by atomic mass is 19.1. The molecule has 1 amide bonds. The Morgan fingerprint density at radius 1 is 1.48 bits per heavy atom. The summed E-state index contributed by atoms with van der Waals surface area (Å²) in [4.78, 5) is 16.1. The third-order valence-corrected chi connectivity index (χ3v) is 2.85. The van der Waals surface area contributed by atoms with Crippen molar-refractivity contribution in [2.45, 2.75) is 19.9 Å². The molecule has 0 radical (unpaired) electrons. The number of carbonyl (C=O) groups excluding carboxylic acids is 1. The maximum absolute atomic E-state index is 13.3. The van der Waals surface area contributed by atoms with Crippen LogP contribution in [0.4, 0.5) is 10.2 Å². The van der Waals surface area contributed by atoms with E-state index in [-0.39, 0.29) is 12.1 Å². The molecular weight excluding hydrogens is 275 g/mol. The average Bonchev–Trinajstić information content (AvgIpc) is 2.88. The topological polar surface area (TPSA) is 84.7 Å². The summed E-state index contributed by atoms with van der Waals surface area (Å²) in [6.07, 6.45) is 3.50. The summed E-state index contributed by atoms with van der Waals surface area (Å²) in [5, 5.41) is 13.3. The van der Waals surface area contributed by atoms with Crippen LogP contribution >= 0.6 is 0 Å². The smallest absolute Gasteiger partial charge is 0.255 e. The van der Waals surface area contributed by atoms with Crippen LogP contribution in [0.25, 0.3) is 0 Å². The standard InChI is InChI=1S/C13H17FN6O/c1-3-4-15-12-10(5-9(14)6-16-12)13(21)17-7-11-19-18-8-20(11)2/h5-6,8H,3-4,7H2,1-2H3,(H,15,16)(H,17,21). The Kier molecular flexibility index (Phi) is 4.81. The van der Waals surface area contributed by atoms with Crippen LogP contribution in [0.3, 0.4) is 0 Å². The maximum Gasteiger partial charge on any atom is 0.255 e. The lowest BCUT2D eigenvalue weighted by molar-refractivity contribution is 0.0949. The highest BCUT2D eigenvalue weighted by molar-refractivity contribution is 5.98. The van der Waals surface area contributed by atoms with Gasteiger partial charge in [-0.15, -0.1) is 10.2 Å². The zero-order valence-corrected chi connectivity index (χ0v) is 11.9. The SMILES string of the molecule is CCCNc1ncc(F)cc1C(=O)NCc1nncn1C. The van der Waals surface area contributed by atoms with Gasteiger partial charge in [0, 0.05) is 13.6 Å². The van der Waals surface area contributed by atoms with Crippen LogP contribution in [0.1, 0.15) is 29.5 Å². The van der Waals surface area contributed by atoms with Crippen LogP contribution < -0.4 is 10.6 Å². The van der Waals surface area contributed by atoms with Crippen LogP contribution in [0.2, 0.25) is 0 Å². The number of amides is 1. The molecule has 0 fully saturated rings. The van der Waals surface area contributed by atoms with Crippen molar-refractivity contribution in [2.24, 2.45) is 7.05 Å². The molecular formula is C13H17FN6O. The van der Waals surface area contributed by atoms with Gasteiger partial charge in [-0.25, -0.2) is 9.37 Å². The molecule has 112 valence electrons. The van der Waals surface area contributed by atoms with Crippen molar-refractivity contribution in [1.82, 2.24) is 25.1 Å². The minimum Gasteiger partial charge on any atom is -0.369 e. The molecule has 21 heavy (non-hydrogen) atoms. The summed E-state index contributed by atoms with van der Waals surface area (Å²) in [6, 6.07) is 1.16. The summed E-state index contributed by atoms with van der Waals surface area (Å²) in [5.74, 6) is 0.00829. The van der Waals surface area contributed by atoms with Crippen LogP contribution in [0.15, 0.2) is 18.6 Å². The quantitative estimate of drug-likeness (QED) is 0.833. The molecule has 2 heterocycles. The molecule has 0 saturated carbocycles. The lowest BCUT2D eigenvalue weighted by Gasteiger charge is -2.10. The summed E-state index contributed by atoms with van der Waals surface area (Å²) in [7, 11) is 1.78. The lowest BCUT2D eigenvalue weighted by Crippen LogP contribution is -2.26. The molecule has 2 aromatic heterocycles. The number of aromatic nitrogens is 4. The molecule has 2 N–H and O–H groups in total. The number of aryl methyl sites for hydroxylation is 1. The average molecular weight is 292 g/mol. The molecule has 0 spiro atoms. The molecule has 0 aromatic carbocycles. The fraction of sp³-hybridized carbons (Fsp3) is 0.385. The summed E-state index contributed by atoms with van der Waals surface area (Å²) in [5.41, 5.74) is 0.172. The molecule has 8 heteroatoms. The van der Waals surface area contributed by atoms with Gasteiger partial charge in [-0.05, 0) is 12.5 Å². The van der Waals surface area contributed by atoms with E-state index in [1.54, 1.807) is 17.9 Å². The predicted octanol–water partition coefficient (Wildman–Crippen LogP) is 1.10. The lowest BCUT2D eigenvalue weighted by atomic mass is 10.2. The second-order valence-corrected chi connectivity index (χ2v) is 4.52. The highest BCUT2D eigenvalue weighted by Crippen LogP contribution is 2.13. The molecule has 0 saturated heterocycles. The Bertz CT molecular complexity index is 627. The number of pyridine rings is 1. The van der Waals surface area contributed by atoms with Crippen LogP contribution in [0, 0.1) is 5.82 Å². The van der Waals surface area contributed by atoms with E-state index in [2.05, 4.69) is 25.8 Å². The van der Waals surface area contributed by atoms with Gasteiger partial charge >= 0.3 is 0 Å². The van der Waals surface area contributed by atoms with Crippen molar-refractivity contribution in [3.8, 4) is 0 Å². The van der Waals surface area contributed by atoms with Crippen LogP contribution in [-0.4, -0.2) is 32.2 Å². The number of nitrogens with one attached hydrogen (secondary N) is 2. The number of rotatable bonds is 6. The Hall–Kier alpha value is -2.51. The van der Waals surface area contributed by atoms with E-state index in [9.17, 15) is 9.18 Å². The van der Waals surface area contributed by atoms with Gasteiger partial charge in [0.2, 0.25) is 0 Å². The minimum absolute atomic E-state index is 0.172. The van der Waals surface area contributed by atoms with Gasteiger partial charge in [0.1, 0.15) is 18.0 Å². The Morgan fingerprint density at radius 2 is 2.29 bits per heavy atom. The molecule has 0 bridgehead atoms. The van der Waals surface area contributed by atoms with E-state index in [0.717, 1.165) is 18.7 Å². The monoisotopic (exact) mass is 292 g/mol. The zero-order chi connectivity index (χ0) is 15.2. The fourth-order valence-corrected chi connectivity index (χ4v) is 1.72. The van der Waals surface area contributed by atoms with E-state index < -0.39 is 11.7 Å². The largest absolute Gasteiger partial charge is 0.369 e. The van der Waals surface area contributed by atoms with Gasteiger partial charge in [-0.1, -0.05) is 6.92 Å². The molecule has 0 aliphatic rings. The first-order valence-corrected chi connectivity index (χ1v) is 6.62. The zero-order valence-electron chi connectivity index (χ0n) is 11.9. The van der Waals surface area contributed by atoms with Crippen molar-refractivity contribution in [3.63, 3.8) is 0 Å². The molecule has 7 nitrogen and oxygen atoms in total. The number of hydrogen-bond acceptors (Lipinski definition) is 5. The Balaban J connectivity index is 2.10. The number of anilines is 1. The third kappa shape index (κ3) is 3.74. The second-order valence-electron chi connectivity index (χ2n) is 4.52. The molecule has 0 unspecified atom stereocenters. The van der Waals surface area contributed by atoms with E-state index >= 15 is 0 Å². The predicted molar refractivity (Wildman–Crippen MR) is 75.1 cm³/mol. The number of halogens is 1. The van der Waals surface area contributed by atoms with E-state index in [4.69, 9.17) is 0 Å². The highest BCUT2D eigenvalue weighted by Gasteiger charge is 2.14. The second kappa shape index (κ2) is 6.78. The fourth-order valence-electron chi connectivity index (χ4n) is 1.72. The van der Waals surface area contributed by atoms with E-state index in [0.29, 0.717) is 18.2 Å². The van der Waals surface area contributed by atoms with Gasteiger partial charge < -0.3 is 15.2 Å². The number of nitrogens with zero attached hydrogens (tertiary/aromatic N) is 4. The minimum atomic E-state index is -0.555. The maximum atomic E-state index is 13.3. The molecule has 2 aromatic rings. The first-order valence-electron chi connectivity index (χ1n) is 6.62. The van der Waals surface area contributed by atoms with Crippen LogP contribution in [0.5, 0.6) is 0 Å². The van der Waals surface area contributed by atoms with Crippen LogP contribution in [-0.2, 0) is 13.6 Å². The number of carbonyl (C=O) groups is 1. The Labute approximate surface area is 121 Å². The summed E-state index contributed by atoms with van der Waals surface area (Å²) >= 11 is 0. The van der Waals surface area contributed by atoms with Crippen molar-refractivity contribution in [1.29, 1.82) is 0 Å². The normalized spacial score (nSPS) is 10.4. The van der Waals surface area contributed by atoms with Crippen molar-refractivity contribution in [3.05, 3.63) is 35.8 Å². The van der Waals surface area contributed by atoms with Crippen molar-refractivity contribution in [2.75, 3.05) is 11.9 Å². The van der Waals surface area contributed by atoms with Gasteiger partial charge in [0.15, 0.2) is 5.82 Å². The third-order valence-electron chi connectivity index (χ3n) is 2.85. The van der Waals surface area contributed by atoms with Gasteiger partial charge in [0.25, 0.3) is 5.91 Å². The molecule has 0 atom stereocenters. The van der Waals surface area contributed by atoms with Gasteiger partial charge in [-0.3, -0.25) is 4.79 Å². The van der Waals surface area contributed by atoms with Gasteiger partial charge in [-0.2, -0.15) is 0 Å². The summed E-state index contributed by atoms with van der Waals surface area (Å²) < 4.78 is 15.0. The van der Waals surface area contributed by atoms with E-state index in [1.807, 2.05) is 6.92 Å².